The fourth-order valence-electron chi connectivity index (χ4n) is 4.82. The zero-order chi connectivity index (χ0) is 27.0. The molecule has 7 nitrogen and oxygen atoms in total. The van der Waals surface area contributed by atoms with Gasteiger partial charge in [0.2, 0.25) is 11.8 Å². The van der Waals surface area contributed by atoms with Crippen LogP contribution in [-0.2, 0) is 14.4 Å². The number of hydrogen-bond acceptors (Lipinski definition) is 5. The molecule has 3 aromatic rings. The lowest BCUT2D eigenvalue weighted by Gasteiger charge is -2.39. The molecule has 2 fully saturated rings. The molecule has 5 rings (SSSR count). The number of nitrogens with zero attached hydrogens (tertiary/aromatic N) is 3. The van der Waals surface area contributed by atoms with Crippen molar-refractivity contribution < 1.29 is 27.6 Å². The quantitative estimate of drug-likeness (QED) is 0.433. The van der Waals surface area contributed by atoms with E-state index in [1.54, 1.807) is 23.6 Å². The number of anilines is 2. The maximum absolute atomic E-state index is 14.4. The third-order valence-corrected chi connectivity index (χ3v) is 7.70. The van der Waals surface area contributed by atoms with E-state index in [4.69, 9.17) is 11.6 Å². The van der Waals surface area contributed by atoms with Crippen molar-refractivity contribution in [2.75, 3.05) is 9.80 Å². The lowest BCUT2D eigenvalue weighted by molar-refractivity contribution is -0.133. The summed E-state index contributed by atoms with van der Waals surface area (Å²) in [6.07, 6.45) is 0.668. The summed E-state index contributed by atoms with van der Waals surface area (Å²) in [7, 11) is 0. The molecule has 2 aromatic carbocycles. The number of carbonyl (C=O) groups excluding carboxylic acids is 3. The highest BCUT2D eigenvalue weighted by Crippen LogP contribution is 2.40. The average Bonchev–Trinajstić information content (AvgIpc) is 3.51. The van der Waals surface area contributed by atoms with Gasteiger partial charge in [-0.15, -0.1) is 11.3 Å². The Morgan fingerprint density at radius 1 is 1.18 bits per heavy atom. The van der Waals surface area contributed by atoms with E-state index in [1.807, 2.05) is 0 Å². The minimum absolute atomic E-state index is 0.0486. The van der Waals surface area contributed by atoms with Gasteiger partial charge in [-0.25, -0.2) is 18.2 Å². The summed E-state index contributed by atoms with van der Waals surface area (Å²) in [5, 5.41) is 4.74. The topological polar surface area (TPSA) is 82.6 Å². The van der Waals surface area contributed by atoms with Crippen LogP contribution in [0.1, 0.15) is 37.3 Å². The van der Waals surface area contributed by atoms with E-state index in [2.05, 4.69) is 10.3 Å². The van der Waals surface area contributed by atoms with Gasteiger partial charge in [-0.3, -0.25) is 24.2 Å². The van der Waals surface area contributed by atoms with E-state index in [9.17, 15) is 27.6 Å². The standard InChI is InChI=1S/C26H22ClF3N4O3S/c27-19-7-2-1-6-18(19)22(23(36)32-16-13-26(29,30)14-16)33(17-5-3-4-15(28)12-17)24(37)20-8-9-21(35)34(20)25-31-10-11-38-25/h1-7,10-12,16,20,22H,8-9,13-14H2,(H,32,36)/t20-,22+/m0/s1. The van der Waals surface area contributed by atoms with Crippen molar-refractivity contribution in [1.29, 1.82) is 0 Å². The van der Waals surface area contributed by atoms with Gasteiger partial charge in [0.15, 0.2) is 5.13 Å². The highest BCUT2D eigenvalue weighted by Gasteiger charge is 2.48. The summed E-state index contributed by atoms with van der Waals surface area (Å²) in [5.74, 6) is -5.25. The molecule has 0 unspecified atom stereocenters. The van der Waals surface area contributed by atoms with E-state index < -0.39 is 54.5 Å². The maximum atomic E-state index is 14.4. The third kappa shape index (κ3) is 5.12. The number of carbonyl (C=O) groups is 3. The first-order valence-electron chi connectivity index (χ1n) is 11.9. The van der Waals surface area contributed by atoms with Gasteiger partial charge in [-0.1, -0.05) is 35.9 Å². The summed E-state index contributed by atoms with van der Waals surface area (Å²) < 4.78 is 41.5. The van der Waals surface area contributed by atoms with Crippen LogP contribution in [0, 0.1) is 5.82 Å². The lowest BCUT2D eigenvalue weighted by atomic mass is 9.87. The molecule has 2 aliphatic rings. The van der Waals surface area contributed by atoms with Crippen LogP contribution in [0.3, 0.4) is 0 Å². The molecule has 2 heterocycles. The Balaban J connectivity index is 1.59. The van der Waals surface area contributed by atoms with E-state index >= 15 is 0 Å². The van der Waals surface area contributed by atoms with E-state index in [-0.39, 0.29) is 35.0 Å². The van der Waals surface area contributed by atoms with Crippen molar-refractivity contribution in [1.82, 2.24) is 10.3 Å². The molecule has 38 heavy (non-hydrogen) atoms. The molecule has 1 aliphatic heterocycles. The smallest absolute Gasteiger partial charge is 0.252 e. The van der Waals surface area contributed by atoms with Gasteiger partial charge < -0.3 is 5.32 Å². The van der Waals surface area contributed by atoms with Crippen LogP contribution in [-0.4, -0.2) is 40.7 Å². The number of alkyl halides is 2. The minimum Gasteiger partial charge on any atom is -0.351 e. The monoisotopic (exact) mass is 562 g/mol. The van der Waals surface area contributed by atoms with Crippen LogP contribution < -0.4 is 15.1 Å². The first kappa shape index (κ1) is 26.2. The average molecular weight is 563 g/mol. The van der Waals surface area contributed by atoms with Gasteiger partial charge >= 0.3 is 0 Å². The van der Waals surface area contributed by atoms with Crippen molar-refractivity contribution in [2.45, 2.75) is 49.7 Å². The van der Waals surface area contributed by atoms with Crippen molar-refractivity contribution in [2.24, 2.45) is 0 Å². The number of aromatic nitrogens is 1. The third-order valence-electron chi connectivity index (χ3n) is 6.59. The second-order valence-corrected chi connectivity index (χ2v) is 10.5. The van der Waals surface area contributed by atoms with E-state index in [0.717, 1.165) is 11.0 Å². The first-order valence-corrected chi connectivity index (χ1v) is 13.1. The molecule has 1 saturated carbocycles. The Kier molecular flexibility index (Phi) is 7.15. The zero-order valence-electron chi connectivity index (χ0n) is 19.8. The second kappa shape index (κ2) is 10.4. The van der Waals surface area contributed by atoms with E-state index in [0.29, 0.717) is 5.13 Å². The largest absolute Gasteiger partial charge is 0.351 e. The number of nitrogens with one attached hydrogen (secondary N) is 1. The Morgan fingerprint density at radius 2 is 1.95 bits per heavy atom. The Hall–Kier alpha value is -3.44. The fourth-order valence-corrected chi connectivity index (χ4v) is 5.77. The number of thiazole rings is 1. The molecule has 12 heteroatoms. The highest BCUT2D eigenvalue weighted by atomic mass is 35.5. The fraction of sp³-hybridized carbons (Fsp3) is 0.308. The Morgan fingerprint density at radius 3 is 2.61 bits per heavy atom. The molecule has 1 saturated heterocycles. The van der Waals surface area contributed by atoms with Crippen LogP contribution in [0.5, 0.6) is 0 Å². The zero-order valence-corrected chi connectivity index (χ0v) is 21.4. The predicted octanol–water partition coefficient (Wildman–Crippen LogP) is 5.12. The first-order chi connectivity index (χ1) is 18.1. The maximum Gasteiger partial charge on any atom is 0.252 e. The normalized spacial score (nSPS) is 19.6. The molecule has 2 atom stereocenters. The van der Waals surface area contributed by atoms with Crippen molar-refractivity contribution >= 4 is 51.5 Å². The van der Waals surface area contributed by atoms with Crippen LogP contribution in [0.2, 0.25) is 5.02 Å². The lowest BCUT2D eigenvalue weighted by Crippen LogP contribution is -2.56. The van der Waals surface area contributed by atoms with Gasteiger partial charge in [0.1, 0.15) is 17.9 Å². The molecule has 0 radical (unpaired) electrons. The number of halogens is 4. The number of hydrogen-bond donors (Lipinski definition) is 1. The van der Waals surface area contributed by atoms with Crippen LogP contribution in [0.4, 0.5) is 24.0 Å². The van der Waals surface area contributed by atoms with Gasteiger partial charge in [-0.2, -0.15) is 0 Å². The van der Waals surface area contributed by atoms with Crippen molar-refractivity contribution in [3.63, 3.8) is 0 Å². The number of amides is 3. The number of benzene rings is 2. The van der Waals surface area contributed by atoms with Gasteiger partial charge in [0, 0.05) is 53.2 Å². The molecule has 1 aliphatic carbocycles. The van der Waals surface area contributed by atoms with Crippen molar-refractivity contribution in [3.8, 4) is 0 Å². The molecular weight excluding hydrogens is 541 g/mol. The Labute approximate surface area is 225 Å². The van der Waals surface area contributed by atoms with Crippen LogP contribution in [0.15, 0.2) is 60.1 Å². The molecular formula is C26H22ClF3N4O3S. The molecule has 0 spiro atoms. The number of rotatable bonds is 7. The molecule has 3 amide bonds. The Bertz CT molecular complexity index is 1370. The molecule has 1 N–H and O–H groups in total. The summed E-state index contributed by atoms with van der Waals surface area (Å²) in [5.41, 5.74) is 0.271. The summed E-state index contributed by atoms with van der Waals surface area (Å²) in [6.45, 7) is 0. The van der Waals surface area contributed by atoms with Gasteiger partial charge in [0.05, 0.1) is 0 Å². The van der Waals surface area contributed by atoms with E-state index in [1.165, 1.54) is 46.7 Å². The summed E-state index contributed by atoms with van der Waals surface area (Å²) in [6, 6.07) is 8.21. The minimum atomic E-state index is -2.88. The van der Waals surface area contributed by atoms with Crippen LogP contribution in [0.25, 0.3) is 0 Å². The summed E-state index contributed by atoms with van der Waals surface area (Å²) in [4.78, 5) is 47.3. The SMILES string of the molecule is O=C(NC1CC(F)(F)C1)[C@@H](c1ccccc1Cl)N(C(=O)[C@@H]1CCC(=O)N1c1nccs1)c1cccc(F)c1. The predicted molar refractivity (Wildman–Crippen MR) is 137 cm³/mol. The molecule has 198 valence electrons. The highest BCUT2D eigenvalue weighted by molar-refractivity contribution is 7.13. The summed E-state index contributed by atoms with van der Waals surface area (Å²) >= 11 is 7.65. The van der Waals surface area contributed by atoms with Gasteiger partial charge in [-0.05, 0) is 30.7 Å². The molecule has 1 aromatic heterocycles. The van der Waals surface area contributed by atoms with Gasteiger partial charge in [0.25, 0.3) is 11.8 Å². The van der Waals surface area contributed by atoms with Crippen molar-refractivity contribution in [3.05, 3.63) is 76.5 Å². The molecule has 0 bridgehead atoms. The van der Waals surface area contributed by atoms with Crippen LogP contribution >= 0.6 is 22.9 Å². The second-order valence-electron chi connectivity index (χ2n) is 9.21.